The SMILES string of the molecule is O=S(=O)(Nc1ccc(Cl)c(Cl)c1)c1cnc(Cl)c(Br)c1. The summed E-state index contributed by atoms with van der Waals surface area (Å²) in [5.41, 5.74) is 0.297. The Balaban J connectivity index is 2.35. The maximum Gasteiger partial charge on any atom is 0.263 e. The summed E-state index contributed by atoms with van der Waals surface area (Å²) < 4.78 is 27.1. The second-order valence-electron chi connectivity index (χ2n) is 3.68. The van der Waals surface area contributed by atoms with Gasteiger partial charge in [0.05, 0.1) is 20.2 Å². The average molecular weight is 417 g/mol. The number of pyridine rings is 1. The molecule has 0 fully saturated rings. The number of benzene rings is 1. The van der Waals surface area contributed by atoms with Gasteiger partial charge in [-0.15, -0.1) is 0 Å². The monoisotopic (exact) mass is 414 g/mol. The topological polar surface area (TPSA) is 59.1 Å². The van der Waals surface area contributed by atoms with Crippen LogP contribution in [0.1, 0.15) is 0 Å². The summed E-state index contributed by atoms with van der Waals surface area (Å²) >= 11 is 20.4. The number of aromatic nitrogens is 1. The van der Waals surface area contributed by atoms with Crippen LogP contribution in [0.3, 0.4) is 0 Å². The van der Waals surface area contributed by atoms with Crippen molar-refractivity contribution in [1.82, 2.24) is 4.98 Å². The van der Waals surface area contributed by atoms with Crippen molar-refractivity contribution in [2.24, 2.45) is 0 Å². The summed E-state index contributed by atoms with van der Waals surface area (Å²) in [5.74, 6) is 0. The van der Waals surface area contributed by atoms with Gasteiger partial charge in [0.2, 0.25) is 0 Å². The number of anilines is 1. The first-order valence-electron chi connectivity index (χ1n) is 5.08. The molecule has 0 bridgehead atoms. The van der Waals surface area contributed by atoms with Crippen LogP contribution in [0.5, 0.6) is 0 Å². The molecule has 1 N–H and O–H groups in total. The molecule has 1 aromatic carbocycles. The number of hydrogen-bond donors (Lipinski definition) is 1. The van der Waals surface area contributed by atoms with Crippen LogP contribution >= 0.6 is 50.7 Å². The highest BCUT2D eigenvalue weighted by Gasteiger charge is 2.16. The average Bonchev–Trinajstić information content (AvgIpc) is 2.37. The lowest BCUT2D eigenvalue weighted by Gasteiger charge is -2.09. The summed E-state index contributed by atoms with van der Waals surface area (Å²) in [6.07, 6.45) is 1.16. The second kappa shape index (κ2) is 6.07. The second-order valence-corrected chi connectivity index (χ2v) is 7.39. The van der Waals surface area contributed by atoms with Gasteiger partial charge in [-0.1, -0.05) is 34.8 Å². The number of nitrogens with one attached hydrogen (secondary N) is 1. The fourth-order valence-electron chi connectivity index (χ4n) is 1.32. The minimum Gasteiger partial charge on any atom is -0.280 e. The van der Waals surface area contributed by atoms with Crippen LogP contribution in [0.4, 0.5) is 5.69 Å². The van der Waals surface area contributed by atoms with Gasteiger partial charge in [-0.2, -0.15) is 0 Å². The molecule has 1 aromatic heterocycles. The Kier molecular flexibility index (Phi) is 4.81. The van der Waals surface area contributed by atoms with Crippen molar-refractivity contribution >= 4 is 66.4 Å². The Labute approximate surface area is 139 Å². The van der Waals surface area contributed by atoms with E-state index < -0.39 is 10.0 Å². The van der Waals surface area contributed by atoms with Crippen LogP contribution in [0, 0.1) is 0 Å². The van der Waals surface area contributed by atoms with Crippen molar-refractivity contribution in [3.63, 3.8) is 0 Å². The smallest absolute Gasteiger partial charge is 0.263 e. The van der Waals surface area contributed by atoms with E-state index in [0.29, 0.717) is 15.2 Å². The maximum atomic E-state index is 12.2. The quantitative estimate of drug-likeness (QED) is 0.744. The predicted molar refractivity (Wildman–Crippen MR) is 84.2 cm³/mol. The Morgan fingerprint density at radius 1 is 1.10 bits per heavy atom. The minimum absolute atomic E-state index is 0.0279. The molecule has 106 valence electrons. The van der Waals surface area contributed by atoms with E-state index in [0.717, 1.165) is 6.20 Å². The molecule has 0 aliphatic heterocycles. The van der Waals surface area contributed by atoms with Crippen LogP contribution in [-0.4, -0.2) is 13.4 Å². The molecule has 0 amide bonds. The Bertz CT molecular complexity index is 768. The number of nitrogens with zero attached hydrogens (tertiary/aromatic N) is 1. The fourth-order valence-corrected chi connectivity index (χ4v) is 3.25. The van der Waals surface area contributed by atoms with E-state index in [1.165, 1.54) is 24.3 Å². The first-order valence-corrected chi connectivity index (χ1v) is 8.49. The molecule has 2 aromatic rings. The van der Waals surface area contributed by atoms with Gasteiger partial charge in [0.25, 0.3) is 10.0 Å². The van der Waals surface area contributed by atoms with E-state index in [-0.39, 0.29) is 15.1 Å². The van der Waals surface area contributed by atoms with Crippen LogP contribution in [0.15, 0.2) is 39.8 Å². The van der Waals surface area contributed by atoms with E-state index >= 15 is 0 Å². The molecule has 0 radical (unpaired) electrons. The van der Waals surface area contributed by atoms with Gasteiger partial charge < -0.3 is 0 Å². The molecule has 0 spiro atoms. The minimum atomic E-state index is -3.79. The molecule has 0 saturated carbocycles. The molecule has 4 nitrogen and oxygen atoms in total. The largest absolute Gasteiger partial charge is 0.280 e. The Morgan fingerprint density at radius 3 is 2.40 bits per heavy atom. The number of sulfonamides is 1. The summed E-state index contributed by atoms with van der Waals surface area (Å²) in [4.78, 5) is 3.74. The normalized spacial score (nSPS) is 11.4. The van der Waals surface area contributed by atoms with Crippen molar-refractivity contribution in [2.75, 3.05) is 4.72 Å². The van der Waals surface area contributed by atoms with Crippen molar-refractivity contribution in [2.45, 2.75) is 4.90 Å². The van der Waals surface area contributed by atoms with E-state index in [1.54, 1.807) is 0 Å². The van der Waals surface area contributed by atoms with Gasteiger partial charge in [-0.05, 0) is 40.2 Å². The van der Waals surface area contributed by atoms with Crippen molar-refractivity contribution in [3.8, 4) is 0 Å². The highest BCUT2D eigenvalue weighted by Crippen LogP contribution is 2.27. The van der Waals surface area contributed by atoms with Gasteiger partial charge in [-0.3, -0.25) is 4.72 Å². The molecule has 0 aliphatic carbocycles. The lowest BCUT2D eigenvalue weighted by atomic mass is 10.3. The molecule has 2 rings (SSSR count). The zero-order valence-corrected chi connectivity index (χ0v) is 14.2. The number of halogens is 4. The Morgan fingerprint density at radius 2 is 1.80 bits per heavy atom. The van der Waals surface area contributed by atoms with E-state index in [4.69, 9.17) is 34.8 Å². The summed E-state index contributed by atoms with van der Waals surface area (Å²) in [6.45, 7) is 0. The van der Waals surface area contributed by atoms with Gasteiger partial charge in [0.15, 0.2) is 0 Å². The number of rotatable bonds is 3. The zero-order valence-electron chi connectivity index (χ0n) is 9.57. The van der Waals surface area contributed by atoms with Gasteiger partial charge in [-0.25, -0.2) is 13.4 Å². The van der Waals surface area contributed by atoms with E-state index in [9.17, 15) is 8.42 Å². The molecule has 9 heteroatoms. The third-order valence-corrected chi connectivity index (χ3v) is 5.47. The van der Waals surface area contributed by atoms with Crippen LogP contribution in [-0.2, 0) is 10.0 Å². The molecule has 1 heterocycles. The molecule has 0 aliphatic rings. The standard InChI is InChI=1S/C11H6BrCl3N2O2S/c12-8-4-7(5-16-11(8)15)20(18,19)17-6-1-2-9(13)10(14)3-6/h1-5,17H. The van der Waals surface area contributed by atoms with Crippen LogP contribution in [0.2, 0.25) is 15.2 Å². The lowest BCUT2D eigenvalue weighted by Crippen LogP contribution is -2.13. The van der Waals surface area contributed by atoms with Gasteiger partial charge in [0, 0.05) is 6.20 Å². The third kappa shape index (κ3) is 3.56. The van der Waals surface area contributed by atoms with Crippen molar-refractivity contribution in [1.29, 1.82) is 0 Å². The van der Waals surface area contributed by atoms with Crippen molar-refractivity contribution < 1.29 is 8.42 Å². The summed E-state index contributed by atoms with van der Waals surface area (Å²) in [6, 6.07) is 5.77. The molecule has 0 saturated heterocycles. The lowest BCUT2D eigenvalue weighted by molar-refractivity contribution is 0.600. The zero-order chi connectivity index (χ0) is 14.9. The molecular weight excluding hydrogens is 410 g/mol. The first kappa shape index (κ1) is 15.9. The van der Waals surface area contributed by atoms with Gasteiger partial charge >= 0.3 is 0 Å². The summed E-state index contributed by atoms with van der Waals surface area (Å²) in [5, 5.41) is 0.770. The van der Waals surface area contributed by atoms with E-state index in [2.05, 4.69) is 25.6 Å². The Hall–Kier alpha value is -0.530. The highest BCUT2D eigenvalue weighted by molar-refractivity contribution is 9.10. The molecular formula is C11H6BrCl3N2O2S. The summed E-state index contributed by atoms with van der Waals surface area (Å²) in [7, 11) is -3.79. The number of hydrogen-bond acceptors (Lipinski definition) is 3. The van der Waals surface area contributed by atoms with Crippen LogP contribution < -0.4 is 4.72 Å². The first-order chi connectivity index (χ1) is 9.29. The molecule has 0 unspecified atom stereocenters. The highest BCUT2D eigenvalue weighted by atomic mass is 79.9. The molecule has 20 heavy (non-hydrogen) atoms. The van der Waals surface area contributed by atoms with Crippen molar-refractivity contribution in [3.05, 3.63) is 50.1 Å². The third-order valence-electron chi connectivity index (χ3n) is 2.25. The van der Waals surface area contributed by atoms with Crippen LogP contribution in [0.25, 0.3) is 0 Å². The predicted octanol–water partition coefficient (Wildman–Crippen LogP) is 4.61. The fraction of sp³-hybridized carbons (Fsp3) is 0. The van der Waals surface area contributed by atoms with Gasteiger partial charge in [0.1, 0.15) is 10.0 Å². The van der Waals surface area contributed by atoms with E-state index in [1.807, 2.05) is 0 Å². The maximum absolute atomic E-state index is 12.2. The molecule has 0 atom stereocenters.